The van der Waals surface area contributed by atoms with Crippen LogP contribution in [-0.4, -0.2) is 12.5 Å². The summed E-state index contributed by atoms with van der Waals surface area (Å²) in [7, 11) is 1.95. The van der Waals surface area contributed by atoms with Crippen molar-refractivity contribution in [3.63, 3.8) is 0 Å². The fourth-order valence-electron chi connectivity index (χ4n) is 5.28. The van der Waals surface area contributed by atoms with Crippen LogP contribution in [0.2, 0.25) is 0 Å². The van der Waals surface area contributed by atoms with E-state index in [0.717, 1.165) is 35.6 Å². The summed E-state index contributed by atoms with van der Waals surface area (Å²) in [6.45, 7) is 5.66. The summed E-state index contributed by atoms with van der Waals surface area (Å²) in [5.41, 5.74) is 3.82. The predicted molar refractivity (Wildman–Crippen MR) is 172 cm³/mol. The largest absolute Gasteiger partial charge is 1.00 e. The van der Waals surface area contributed by atoms with Crippen LogP contribution in [0, 0.1) is 6.92 Å². The summed E-state index contributed by atoms with van der Waals surface area (Å²) >= 11 is 0. The van der Waals surface area contributed by atoms with Crippen LogP contribution >= 0.6 is 0 Å². The Morgan fingerprint density at radius 1 is 0.738 bits per heavy atom. The van der Waals surface area contributed by atoms with E-state index in [1.807, 2.05) is 77.4 Å². The SMILES string of the molecule is CCCCCCCCCCCCCCCCOc1ccc(CN(C(=O)c2cc[n+](C)cc2)c2ccccc2)c(C)c1.[I-]. The molecule has 0 radical (unpaired) electrons. The van der Waals surface area contributed by atoms with Crippen molar-refractivity contribution in [1.82, 2.24) is 0 Å². The molecule has 0 atom stereocenters. The number of rotatable bonds is 20. The molecule has 0 spiro atoms. The number of hydrogen-bond donors (Lipinski definition) is 0. The van der Waals surface area contributed by atoms with E-state index in [1.165, 1.54) is 83.5 Å². The number of unbranched alkanes of at least 4 members (excludes halogenated alkanes) is 13. The number of aryl methyl sites for hydroxylation is 2. The van der Waals surface area contributed by atoms with Gasteiger partial charge in [0.15, 0.2) is 12.4 Å². The van der Waals surface area contributed by atoms with Gasteiger partial charge in [0.25, 0.3) is 5.91 Å². The third kappa shape index (κ3) is 13.3. The van der Waals surface area contributed by atoms with E-state index in [0.29, 0.717) is 12.1 Å². The van der Waals surface area contributed by atoms with Gasteiger partial charge in [-0.25, -0.2) is 4.57 Å². The lowest BCUT2D eigenvalue weighted by Crippen LogP contribution is -3.00. The van der Waals surface area contributed by atoms with Gasteiger partial charge in [-0.3, -0.25) is 4.79 Å². The first-order valence-corrected chi connectivity index (χ1v) is 16.1. The van der Waals surface area contributed by atoms with Crippen molar-refractivity contribution in [3.05, 3.63) is 89.7 Å². The second-order valence-electron chi connectivity index (χ2n) is 11.5. The number of ether oxygens (including phenoxy) is 1. The van der Waals surface area contributed by atoms with Gasteiger partial charge in [0.05, 0.1) is 18.7 Å². The third-order valence-electron chi connectivity index (χ3n) is 7.95. The van der Waals surface area contributed by atoms with E-state index in [2.05, 4.69) is 26.0 Å². The van der Waals surface area contributed by atoms with Crippen molar-refractivity contribution in [3.8, 4) is 5.75 Å². The zero-order valence-corrected chi connectivity index (χ0v) is 28.5. The van der Waals surface area contributed by atoms with E-state index in [9.17, 15) is 4.79 Å². The first-order valence-electron chi connectivity index (χ1n) is 16.1. The third-order valence-corrected chi connectivity index (χ3v) is 7.95. The molecular weight excluding hydrogens is 631 g/mol. The molecule has 1 aromatic heterocycles. The Kier molecular flexibility index (Phi) is 18.2. The number of hydrogen-bond acceptors (Lipinski definition) is 2. The second kappa shape index (κ2) is 21.3. The van der Waals surface area contributed by atoms with Gasteiger partial charge in [-0.1, -0.05) is 115 Å². The summed E-state index contributed by atoms with van der Waals surface area (Å²) in [6.07, 6.45) is 22.9. The molecule has 4 nitrogen and oxygen atoms in total. The lowest BCUT2D eigenvalue weighted by atomic mass is 10.0. The smallest absolute Gasteiger partial charge is 0.259 e. The number of nitrogens with zero attached hydrogens (tertiary/aromatic N) is 2. The number of carbonyl (C=O) groups excluding carboxylic acids is 1. The topological polar surface area (TPSA) is 33.4 Å². The normalized spacial score (nSPS) is 10.7. The molecule has 3 aromatic rings. The lowest BCUT2D eigenvalue weighted by molar-refractivity contribution is -0.671. The first-order chi connectivity index (χ1) is 20.1. The maximum Gasteiger partial charge on any atom is 0.259 e. The molecule has 230 valence electrons. The maximum atomic E-state index is 13.5. The van der Waals surface area contributed by atoms with Crippen LogP contribution in [-0.2, 0) is 13.6 Å². The fraction of sp³-hybridized carbons (Fsp3) is 0.514. The zero-order valence-electron chi connectivity index (χ0n) is 26.3. The standard InChI is InChI=1S/C37H53N2O2.HI/c1-4-5-6-7-8-9-10-11-12-13-14-15-16-20-29-41-36-24-23-34(32(2)30-36)31-39(35-21-18-17-19-22-35)37(40)33-25-27-38(3)28-26-33;/h17-19,21-28,30H,4-16,20,29,31H2,1-3H3;1H/q+1;/p-1. The van der Waals surface area contributed by atoms with E-state index < -0.39 is 0 Å². The van der Waals surface area contributed by atoms with Gasteiger partial charge >= 0.3 is 0 Å². The lowest BCUT2D eigenvalue weighted by Gasteiger charge is -2.24. The Morgan fingerprint density at radius 2 is 1.29 bits per heavy atom. The summed E-state index contributed by atoms with van der Waals surface area (Å²) < 4.78 is 8.02. The van der Waals surface area contributed by atoms with Crippen LogP contribution in [0.15, 0.2) is 73.1 Å². The fourth-order valence-corrected chi connectivity index (χ4v) is 5.28. The zero-order chi connectivity index (χ0) is 29.1. The molecule has 2 aromatic carbocycles. The van der Waals surface area contributed by atoms with Gasteiger partial charge in [-0.15, -0.1) is 0 Å². The molecule has 0 N–H and O–H groups in total. The number of amides is 1. The number of carbonyl (C=O) groups is 1. The number of pyridine rings is 1. The highest BCUT2D eigenvalue weighted by molar-refractivity contribution is 6.05. The average molecular weight is 685 g/mol. The molecular formula is C37H53IN2O2. The molecule has 0 aliphatic carbocycles. The Balaban J connectivity index is 0.00000616. The predicted octanol–water partition coefficient (Wildman–Crippen LogP) is 6.53. The van der Waals surface area contributed by atoms with Crippen molar-refractivity contribution < 1.29 is 38.1 Å². The molecule has 0 bridgehead atoms. The minimum Gasteiger partial charge on any atom is -1.00 e. The van der Waals surface area contributed by atoms with Gasteiger partial charge in [0.2, 0.25) is 0 Å². The number of anilines is 1. The van der Waals surface area contributed by atoms with Crippen molar-refractivity contribution in [2.24, 2.45) is 7.05 Å². The summed E-state index contributed by atoms with van der Waals surface area (Å²) in [5, 5.41) is 0. The van der Waals surface area contributed by atoms with Gasteiger partial charge in [-0.05, 0) is 48.7 Å². The second-order valence-corrected chi connectivity index (χ2v) is 11.5. The molecule has 0 saturated heterocycles. The molecule has 3 rings (SSSR count). The van der Waals surface area contributed by atoms with Crippen LogP contribution in [0.3, 0.4) is 0 Å². The van der Waals surface area contributed by atoms with Crippen molar-refractivity contribution >= 4 is 11.6 Å². The van der Waals surface area contributed by atoms with Crippen molar-refractivity contribution in [2.45, 2.75) is 110 Å². The van der Waals surface area contributed by atoms with Gasteiger partial charge in [0, 0.05) is 17.8 Å². The van der Waals surface area contributed by atoms with Gasteiger partial charge in [0.1, 0.15) is 12.8 Å². The quantitative estimate of drug-likeness (QED) is 0.0771. The minimum absolute atomic E-state index is 0. The minimum atomic E-state index is -0.00525. The molecule has 0 saturated carbocycles. The van der Waals surface area contributed by atoms with E-state index in [1.54, 1.807) is 0 Å². The van der Waals surface area contributed by atoms with Gasteiger partial charge in [-0.2, -0.15) is 0 Å². The Hall–Kier alpha value is -2.41. The molecule has 0 aliphatic rings. The van der Waals surface area contributed by atoms with E-state index in [4.69, 9.17) is 4.74 Å². The molecule has 42 heavy (non-hydrogen) atoms. The average Bonchev–Trinajstić information content (AvgIpc) is 2.99. The summed E-state index contributed by atoms with van der Waals surface area (Å²) in [6, 6.07) is 19.9. The molecule has 1 heterocycles. The molecule has 0 fully saturated rings. The van der Waals surface area contributed by atoms with Crippen LogP contribution < -0.4 is 38.2 Å². The maximum absolute atomic E-state index is 13.5. The summed E-state index contributed by atoms with van der Waals surface area (Å²) in [5.74, 6) is 0.906. The van der Waals surface area contributed by atoms with Crippen LogP contribution in [0.5, 0.6) is 5.75 Å². The highest BCUT2D eigenvalue weighted by atomic mass is 127. The Bertz CT molecular complexity index is 1130. The highest BCUT2D eigenvalue weighted by Crippen LogP contribution is 2.24. The van der Waals surface area contributed by atoms with Crippen LogP contribution in [0.1, 0.15) is 118 Å². The first kappa shape index (κ1) is 35.8. The number of benzene rings is 2. The van der Waals surface area contributed by atoms with E-state index in [-0.39, 0.29) is 29.9 Å². The number of para-hydroxylation sites is 1. The number of halogens is 1. The van der Waals surface area contributed by atoms with Crippen LogP contribution in [0.25, 0.3) is 0 Å². The Morgan fingerprint density at radius 3 is 1.83 bits per heavy atom. The number of aromatic nitrogens is 1. The van der Waals surface area contributed by atoms with Crippen molar-refractivity contribution in [2.75, 3.05) is 11.5 Å². The van der Waals surface area contributed by atoms with Gasteiger partial charge < -0.3 is 33.6 Å². The monoisotopic (exact) mass is 684 g/mol. The van der Waals surface area contributed by atoms with Crippen LogP contribution in [0.4, 0.5) is 5.69 Å². The molecule has 1 amide bonds. The van der Waals surface area contributed by atoms with E-state index >= 15 is 0 Å². The Labute approximate surface area is 272 Å². The molecule has 5 heteroatoms. The highest BCUT2D eigenvalue weighted by Gasteiger charge is 2.20. The summed E-state index contributed by atoms with van der Waals surface area (Å²) in [4.78, 5) is 15.4. The molecule has 0 unspecified atom stereocenters. The van der Waals surface area contributed by atoms with Crippen molar-refractivity contribution in [1.29, 1.82) is 0 Å². The molecule has 0 aliphatic heterocycles.